The maximum Gasteiger partial charge on any atom is 0.214 e. The highest BCUT2D eigenvalue weighted by atomic mass is 35.5. The van der Waals surface area contributed by atoms with Crippen molar-refractivity contribution in [2.45, 2.75) is 18.9 Å². The highest BCUT2D eigenvalue weighted by molar-refractivity contribution is 7.20. The summed E-state index contributed by atoms with van der Waals surface area (Å²) in [4.78, 5) is 10.2. The van der Waals surface area contributed by atoms with Gasteiger partial charge in [0.05, 0.1) is 11.9 Å². The minimum Gasteiger partial charge on any atom is -0.350 e. The minimum atomic E-state index is 0.401. The van der Waals surface area contributed by atoms with Crippen molar-refractivity contribution in [1.82, 2.24) is 24.8 Å². The van der Waals surface area contributed by atoms with Crippen molar-refractivity contribution in [2.24, 2.45) is 0 Å². The van der Waals surface area contributed by atoms with E-state index >= 15 is 0 Å². The van der Waals surface area contributed by atoms with Crippen molar-refractivity contribution in [2.75, 3.05) is 29.9 Å². The van der Waals surface area contributed by atoms with E-state index in [9.17, 15) is 0 Å². The molecule has 0 saturated carbocycles. The van der Waals surface area contributed by atoms with Crippen molar-refractivity contribution in [3.63, 3.8) is 0 Å². The van der Waals surface area contributed by atoms with Gasteiger partial charge in [-0.15, -0.1) is 10.2 Å². The smallest absolute Gasteiger partial charge is 0.214 e. The molecule has 0 N–H and O–H groups in total. The monoisotopic (exact) mass is 425 g/mol. The molecule has 5 rings (SSSR count). The molecule has 1 saturated heterocycles. The molecule has 1 fully saturated rings. The summed E-state index contributed by atoms with van der Waals surface area (Å²) >= 11 is 7.58. The van der Waals surface area contributed by atoms with Crippen LogP contribution in [0.2, 0.25) is 5.02 Å². The van der Waals surface area contributed by atoms with Crippen molar-refractivity contribution < 1.29 is 0 Å². The topological polar surface area (TPSA) is 62.5 Å². The quantitative estimate of drug-likeness (QED) is 0.481. The first-order chi connectivity index (χ1) is 14.2. The molecule has 0 amide bonds. The van der Waals surface area contributed by atoms with Gasteiger partial charge in [0.25, 0.3) is 0 Å². The van der Waals surface area contributed by atoms with E-state index in [1.165, 1.54) is 6.42 Å². The molecule has 0 radical (unpaired) electrons. The van der Waals surface area contributed by atoms with Gasteiger partial charge >= 0.3 is 0 Å². The summed E-state index contributed by atoms with van der Waals surface area (Å²) in [6.07, 6.45) is 5.99. The van der Waals surface area contributed by atoms with E-state index in [0.29, 0.717) is 6.04 Å². The maximum absolute atomic E-state index is 5.98. The normalized spacial score (nSPS) is 16.6. The molecule has 1 atom stereocenters. The first kappa shape index (κ1) is 18.3. The Hall–Kier alpha value is -2.71. The second-order valence-corrected chi connectivity index (χ2v) is 8.57. The molecule has 7 nitrogen and oxygen atoms in total. The van der Waals surface area contributed by atoms with Crippen LogP contribution in [0.4, 0.5) is 10.9 Å². The van der Waals surface area contributed by atoms with Gasteiger partial charge in [0.1, 0.15) is 0 Å². The van der Waals surface area contributed by atoms with Gasteiger partial charge in [-0.05, 0) is 37.1 Å². The van der Waals surface area contributed by atoms with E-state index in [1.807, 2.05) is 47.1 Å². The molecule has 0 aliphatic carbocycles. The Bertz CT molecular complexity index is 1080. The van der Waals surface area contributed by atoms with Crippen LogP contribution in [0.3, 0.4) is 0 Å². The van der Waals surface area contributed by atoms with Gasteiger partial charge in [0, 0.05) is 43.0 Å². The second kappa shape index (κ2) is 7.61. The van der Waals surface area contributed by atoms with Crippen LogP contribution in [0.15, 0.2) is 48.8 Å². The molecule has 9 heteroatoms. The van der Waals surface area contributed by atoms with Crippen molar-refractivity contribution in [3.05, 3.63) is 53.8 Å². The molecule has 148 valence electrons. The van der Waals surface area contributed by atoms with E-state index in [0.717, 1.165) is 51.7 Å². The Morgan fingerprint density at radius 2 is 2.10 bits per heavy atom. The van der Waals surface area contributed by atoms with Crippen LogP contribution in [-0.2, 0) is 0 Å². The number of likely N-dealkylation sites (N-methyl/N-ethyl adjacent to an activating group) is 1. The Morgan fingerprint density at radius 1 is 1.24 bits per heavy atom. The van der Waals surface area contributed by atoms with Crippen molar-refractivity contribution >= 4 is 38.8 Å². The highest BCUT2D eigenvalue weighted by Crippen LogP contribution is 2.29. The number of benzene rings is 1. The molecule has 0 bridgehead atoms. The number of imidazole rings is 1. The summed E-state index contributed by atoms with van der Waals surface area (Å²) in [5, 5.41) is 14.7. The zero-order valence-corrected chi connectivity index (χ0v) is 17.5. The van der Waals surface area contributed by atoms with Crippen LogP contribution >= 0.6 is 22.9 Å². The number of nitrogens with zero attached hydrogens (tertiary/aromatic N) is 7. The van der Waals surface area contributed by atoms with Gasteiger partial charge in [-0.3, -0.25) is 0 Å². The van der Waals surface area contributed by atoms with Gasteiger partial charge in [0.15, 0.2) is 5.82 Å². The Balaban J connectivity index is 1.32. The Morgan fingerprint density at radius 3 is 2.86 bits per heavy atom. The van der Waals surface area contributed by atoms with E-state index < -0.39 is 0 Å². The number of hydrogen-bond donors (Lipinski definition) is 0. The molecule has 3 aromatic heterocycles. The maximum atomic E-state index is 5.98. The average molecular weight is 426 g/mol. The van der Waals surface area contributed by atoms with Crippen molar-refractivity contribution in [1.29, 1.82) is 0 Å². The summed E-state index contributed by atoms with van der Waals surface area (Å²) in [5.41, 5.74) is 1.94. The number of fused-ring (bicyclic) bond motifs is 1. The third-order valence-corrected chi connectivity index (χ3v) is 6.50. The fraction of sp³-hybridized carbons (Fsp3) is 0.300. The van der Waals surface area contributed by atoms with Gasteiger partial charge < -0.3 is 9.80 Å². The third-order valence-electron chi connectivity index (χ3n) is 5.21. The van der Waals surface area contributed by atoms with E-state index in [1.54, 1.807) is 17.5 Å². The fourth-order valence-electron chi connectivity index (χ4n) is 3.77. The van der Waals surface area contributed by atoms with Gasteiger partial charge in [-0.1, -0.05) is 35.1 Å². The second-order valence-electron chi connectivity index (χ2n) is 7.20. The molecule has 4 aromatic rings. The van der Waals surface area contributed by atoms with Crippen LogP contribution in [0.1, 0.15) is 12.8 Å². The first-order valence-corrected chi connectivity index (χ1v) is 10.7. The summed E-state index contributed by atoms with van der Waals surface area (Å²) in [7, 11) is 2.09. The summed E-state index contributed by atoms with van der Waals surface area (Å²) in [6, 6.07) is 12.1. The van der Waals surface area contributed by atoms with E-state index in [2.05, 4.69) is 27.0 Å². The molecule has 1 aliphatic heterocycles. The van der Waals surface area contributed by atoms with Crippen LogP contribution in [0.5, 0.6) is 0 Å². The molecule has 4 heterocycles. The highest BCUT2D eigenvalue weighted by Gasteiger charge is 2.27. The molecular formula is C20H20ClN7S. The minimum absolute atomic E-state index is 0.401. The molecule has 1 aromatic carbocycles. The van der Waals surface area contributed by atoms with E-state index in [-0.39, 0.29) is 0 Å². The predicted molar refractivity (Wildman–Crippen MR) is 117 cm³/mol. The summed E-state index contributed by atoms with van der Waals surface area (Å²) in [6.45, 7) is 1.90. The van der Waals surface area contributed by atoms with Crippen LogP contribution in [-0.4, -0.2) is 51.0 Å². The van der Waals surface area contributed by atoms with Crippen LogP contribution in [0.25, 0.3) is 16.2 Å². The fourth-order valence-corrected chi connectivity index (χ4v) is 4.75. The Labute approximate surface area is 177 Å². The largest absolute Gasteiger partial charge is 0.350 e. The van der Waals surface area contributed by atoms with Crippen LogP contribution < -0.4 is 9.80 Å². The molecule has 1 unspecified atom stereocenters. The lowest BCUT2D eigenvalue weighted by atomic mass is 10.2. The number of aromatic nitrogens is 5. The third kappa shape index (κ3) is 3.65. The Kier molecular flexibility index (Phi) is 4.81. The van der Waals surface area contributed by atoms with Gasteiger partial charge in [0.2, 0.25) is 10.1 Å². The zero-order chi connectivity index (χ0) is 19.8. The number of hydrogen-bond acceptors (Lipinski definition) is 7. The van der Waals surface area contributed by atoms with Crippen LogP contribution in [0, 0.1) is 0 Å². The first-order valence-electron chi connectivity index (χ1n) is 9.55. The lowest BCUT2D eigenvalue weighted by Gasteiger charge is -2.28. The average Bonchev–Trinajstić information content (AvgIpc) is 3.44. The molecule has 1 aliphatic rings. The van der Waals surface area contributed by atoms with Gasteiger partial charge in [-0.2, -0.15) is 5.10 Å². The molecule has 0 spiro atoms. The SMILES string of the molecule is CN(CC1CCCN1c1cccnn1)c1nn2cc(-c3ccc(Cl)cc3)nc2s1. The van der Waals surface area contributed by atoms with E-state index in [4.69, 9.17) is 21.7 Å². The lowest BCUT2D eigenvalue weighted by molar-refractivity contribution is 0.644. The summed E-state index contributed by atoms with van der Waals surface area (Å²) < 4.78 is 1.86. The number of anilines is 2. The lowest BCUT2D eigenvalue weighted by Crippen LogP contribution is -2.39. The number of rotatable bonds is 5. The predicted octanol–water partition coefficient (Wildman–Crippen LogP) is 4.01. The summed E-state index contributed by atoms with van der Waals surface area (Å²) in [5.74, 6) is 0.949. The van der Waals surface area contributed by atoms with Crippen molar-refractivity contribution in [3.8, 4) is 11.3 Å². The standard InChI is InChI=1S/C20H20ClN7S/c1-26(12-16-4-3-11-27(16)18-5-2-10-22-24-18)20-25-28-13-17(23-19(28)29-20)14-6-8-15(21)9-7-14/h2,5-10,13,16H,3-4,11-12H2,1H3. The molecular weight excluding hydrogens is 406 g/mol. The zero-order valence-electron chi connectivity index (χ0n) is 15.9. The number of halogens is 1. The molecule has 29 heavy (non-hydrogen) atoms. The van der Waals surface area contributed by atoms with Gasteiger partial charge in [-0.25, -0.2) is 9.50 Å².